The number of nitrogen functional groups attached to an aromatic ring is 1. The van der Waals surface area contributed by atoms with E-state index in [0.29, 0.717) is 12.3 Å². The highest BCUT2D eigenvalue weighted by Gasteiger charge is 2.08. The van der Waals surface area contributed by atoms with Gasteiger partial charge >= 0.3 is 0 Å². The van der Waals surface area contributed by atoms with Crippen LogP contribution in [-0.4, -0.2) is 16.0 Å². The second-order valence-corrected chi connectivity index (χ2v) is 5.52. The minimum absolute atomic E-state index is 0.531. The molecule has 4 nitrogen and oxygen atoms in total. The lowest BCUT2D eigenvalue weighted by Gasteiger charge is -2.05. The van der Waals surface area contributed by atoms with Crippen molar-refractivity contribution in [2.75, 3.05) is 12.3 Å². The molecule has 3 rings (SSSR count). The van der Waals surface area contributed by atoms with E-state index in [-0.39, 0.29) is 0 Å². The fourth-order valence-electron chi connectivity index (χ4n) is 2.29. The number of nitrogens with two attached hydrogens (primary N) is 1. The minimum Gasteiger partial charge on any atom is -0.489 e. The van der Waals surface area contributed by atoms with E-state index >= 15 is 0 Å². The molecule has 0 saturated heterocycles. The van der Waals surface area contributed by atoms with Crippen LogP contribution in [0, 0.1) is 6.92 Å². The van der Waals surface area contributed by atoms with Crippen LogP contribution in [0.15, 0.2) is 54.7 Å². The minimum atomic E-state index is 0.531. The van der Waals surface area contributed by atoms with Crippen LogP contribution in [0.3, 0.4) is 0 Å². The molecule has 0 saturated carbocycles. The van der Waals surface area contributed by atoms with Gasteiger partial charge in [-0.2, -0.15) is 0 Å². The maximum Gasteiger partial charge on any atom is 0.160 e. The Bertz CT molecular complexity index is 792. The second-order valence-electron chi connectivity index (χ2n) is 5.52. The number of ether oxygens (including phenoxy) is 1. The Morgan fingerprint density at radius 3 is 2.59 bits per heavy atom. The van der Waals surface area contributed by atoms with Gasteiger partial charge in [-0.3, -0.25) is 0 Å². The predicted octanol–water partition coefficient (Wildman–Crippen LogP) is 3.85. The lowest BCUT2D eigenvalue weighted by atomic mass is 10.1. The van der Waals surface area contributed by atoms with Crippen molar-refractivity contribution in [3.05, 3.63) is 60.4 Å². The van der Waals surface area contributed by atoms with Gasteiger partial charge in [0.1, 0.15) is 12.4 Å². The Balaban J connectivity index is 1.92. The molecular formula is C18H19N3O. The van der Waals surface area contributed by atoms with Crippen molar-refractivity contribution in [2.45, 2.75) is 13.8 Å². The summed E-state index contributed by atoms with van der Waals surface area (Å²) in [6, 6.07) is 11.8. The molecule has 1 aromatic carbocycles. The first kappa shape index (κ1) is 14.2. The van der Waals surface area contributed by atoms with Gasteiger partial charge in [-0.25, -0.2) is 4.98 Å². The molecule has 2 N–H and O–H groups in total. The number of imidazole rings is 1. The Kier molecular flexibility index (Phi) is 3.59. The summed E-state index contributed by atoms with van der Waals surface area (Å²) in [7, 11) is 0. The lowest BCUT2D eigenvalue weighted by molar-refractivity contribution is 0.353. The predicted molar refractivity (Wildman–Crippen MR) is 90.1 cm³/mol. The van der Waals surface area contributed by atoms with Gasteiger partial charge < -0.3 is 14.9 Å². The zero-order valence-electron chi connectivity index (χ0n) is 12.8. The van der Waals surface area contributed by atoms with Crippen LogP contribution in [0.25, 0.3) is 16.9 Å². The van der Waals surface area contributed by atoms with Crippen molar-refractivity contribution in [1.29, 1.82) is 0 Å². The number of benzene rings is 1. The largest absolute Gasteiger partial charge is 0.489 e. The van der Waals surface area contributed by atoms with Gasteiger partial charge in [0.2, 0.25) is 0 Å². The maximum absolute atomic E-state index is 6.00. The van der Waals surface area contributed by atoms with Crippen LogP contribution < -0.4 is 10.5 Å². The SMILES string of the molecule is C=C(C)COc1ccc(-c2cn3c(C)ccc(N)c3n2)cc1. The maximum atomic E-state index is 6.00. The van der Waals surface area contributed by atoms with E-state index in [0.717, 1.165) is 33.9 Å². The lowest BCUT2D eigenvalue weighted by Crippen LogP contribution is -1.97. The zero-order chi connectivity index (χ0) is 15.7. The van der Waals surface area contributed by atoms with E-state index in [4.69, 9.17) is 10.5 Å². The van der Waals surface area contributed by atoms with E-state index in [1.54, 1.807) is 0 Å². The first-order valence-electron chi connectivity index (χ1n) is 7.16. The molecule has 112 valence electrons. The molecule has 2 heterocycles. The standard InChI is InChI=1S/C18H19N3O/c1-12(2)11-22-15-7-5-14(6-8-15)17-10-21-13(3)4-9-16(19)18(21)20-17/h4-10H,1,11,19H2,2-3H3. The molecule has 0 atom stereocenters. The summed E-state index contributed by atoms with van der Waals surface area (Å²) in [5.74, 6) is 0.825. The molecule has 4 heteroatoms. The summed E-state index contributed by atoms with van der Waals surface area (Å²) < 4.78 is 7.62. The number of rotatable bonds is 4. The summed E-state index contributed by atoms with van der Waals surface area (Å²) in [6.07, 6.45) is 2.00. The van der Waals surface area contributed by atoms with Gasteiger partial charge in [-0.15, -0.1) is 0 Å². The molecule has 0 radical (unpaired) electrons. The average molecular weight is 293 g/mol. The van der Waals surface area contributed by atoms with Crippen LogP contribution in [0.1, 0.15) is 12.6 Å². The molecule has 22 heavy (non-hydrogen) atoms. The highest BCUT2D eigenvalue weighted by atomic mass is 16.5. The highest BCUT2D eigenvalue weighted by Crippen LogP contribution is 2.25. The monoisotopic (exact) mass is 293 g/mol. The third-order valence-electron chi connectivity index (χ3n) is 3.48. The summed E-state index contributed by atoms with van der Waals surface area (Å²) in [4.78, 5) is 4.63. The number of anilines is 1. The number of aromatic nitrogens is 2. The fraction of sp³-hybridized carbons (Fsp3) is 0.167. The molecule has 0 unspecified atom stereocenters. The van der Waals surface area contributed by atoms with E-state index in [9.17, 15) is 0 Å². The molecular weight excluding hydrogens is 274 g/mol. The topological polar surface area (TPSA) is 52.5 Å². The van der Waals surface area contributed by atoms with E-state index < -0.39 is 0 Å². The van der Waals surface area contributed by atoms with E-state index in [2.05, 4.69) is 11.6 Å². The molecule has 0 spiro atoms. The Hall–Kier alpha value is -2.75. The summed E-state index contributed by atoms with van der Waals surface area (Å²) in [6.45, 7) is 8.33. The van der Waals surface area contributed by atoms with Gasteiger partial charge in [-0.05, 0) is 55.8 Å². The van der Waals surface area contributed by atoms with Crippen molar-refractivity contribution < 1.29 is 4.74 Å². The first-order chi connectivity index (χ1) is 10.5. The van der Waals surface area contributed by atoms with Crippen molar-refractivity contribution in [1.82, 2.24) is 9.38 Å². The Morgan fingerprint density at radius 2 is 1.95 bits per heavy atom. The number of hydrogen-bond donors (Lipinski definition) is 1. The smallest absolute Gasteiger partial charge is 0.160 e. The summed E-state index contributed by atoms with van der Waals surface area (Å²) >= 11 is 0. The molecule has 0 amide bonds. The fourth-order valence-corrected chi connectivity index (χ4v) is 2.29. The van der Waals surface area contributed by atoms with E-state index in [1.165, 1.54) is 0 Å². The van der Waals surface area contributed by atoms with Crippen molar-refractivity contribution in [3.8, 4) is 17.0 Å². The number of pyridine rings is 1. The normalized spacial score (nSPS) is 10.8. The van der Waals surface area contributed by atoms with Gasteiger partial charge in [0.25, 0.3) is 0 Å². The van der Waals surface area contributed by atoms with Gasteiger partial charge in [0.15, 0.2) is 5.65 Å². The van der Waals surface area contributed by atoms with Crippen LogP contribution >= 0.6 is 0 Å². The molecule has 0 aliphatic heterocycles. The van der Waals surface area contributed by atoms with Gasteiger partial charge in [0, 0.05) is 17.5 Å². The van der Waals surface area contributed by atoms with Crippen LogP contribution in [0.2, 0.25) is 0 Å². The highest BCUT2D eigenvalue weighted by molar-refractivity contribution is 5.71. The quantitative estimate of drug-likeness (QED) is 0.743. The van der Waals surface area contributed by atoms with Crippen molar-refractivity contribution in [3.63, 3.8) is 0 Å². The van der Waals surface area contributed by atoms with Crippen molar-refractivity contribution >= 4 is 11.3 Å². The number of aryl methyl sites for hydroxylation is 1. The van der Waals surface area contributed by atoms with Gasteiger partial charge in [-0.1, -0.05) is 6.58 Å². The summed E-state index contributed by atoms with van der Waals surface area (Å²) in [5.41, 5.74) is 11.5. The van der Waals surface area contributed by atoms with Crippen LogP contribution in [-0.2, 0) is 0 Å². The zero-order valence-corrected chi connectivity index (χ0v) is 12.8. The van der Waals surface area contributed by atoms with Crippen LogP contribution in [0.5, 0.6) is 5.75 Å². The Labute approximate surface area is 129 Å². The molecule has 0 aliphatic carbocycles. The first-order valence-corrected chi connectivity index (χ1v) is 7.16. The number of hydrogen-bond acceptors (Lipinski definition) is 3. The third kappa shape index (κ3) is 2.68. The molecule has 0 fully saturated rings. The van der Waals surface area contributed by atoms with Gasteiger partial charge in [0.05, 0.1) is 11.4 Å². The Morgan fingerprint density at radius 1 is 1.23 bits per heavy atom. The molecule has 0 aliphatic rings. The molecule has 2 aromatic heterocycles. The average Bonchev–Trinajstić information content (AvgIpc) is 2.96. The van der Waals surface area contributed by atoms with Crippen molar-refractivity contribution in [2.24, 2.45) is 0 Å². The molecule has 3 aromatic rings. The van der Waals surface area contributed by atoms with E-state index in [1.807, 2.05) is 60.8 Å². The second kappa shape index (κ2) is 5.56. The van der Waals surface area contributed by atoms with Crippen LogP contribution in [0.4, 0.5) is 5.69 Å². The summed E-state index contributed by atoms with van der Waals surface area (Å²) in [5, 5.41) is 0. The number of nitrogens with zero attached hydrogens (tertiary/aromatic N) is 2. The third-order valence-corrected chi connectivity index (χ3v) is 3.48. The molecule has 0 bridgehead atoms. The number of fused-ring (bicyclic) bond motifs is 1.